The maximum atomic E-state index is 14.5. The van der Waals surface area contributed by atoms with E-state index in [-0.39, 0.29) is 30.2 Å². The van der Waals surface area contributed by atoms with Gasteiger partial charge in [0.15, 0.2) is 0 Å². The SMILES string of the molecule is COc1nc(C2CCCOC2)c(F)cc1CNC(=O)C1CCCN1. The van der Waals surface area contributed by atoms with Gasteiger partial charge in [-0.25, -0.2) is 9.37 Å². The molecule has 0 radical (unpaired) electrons. The van der Waals surface area contributed by atoms with E-state index in [1.165, 1.54) is 13.2 Å². The van der Waals surface area contributed by atoms with Crippen LogP contribution in [0.5, 0.6) is 5.88 Å². The number of ether oxygens (including phenoxy) is 2. The van der Waals surface area contributed by atoms with Crippen LogP contribution in [0.3, 0.4) is 0 Å². The van der Waals surface area contributed by atoms with Gasteiger partial charge < -0.3 is 20.1 Å². The van der Waals surface area contributed by atoms with Crippen LogP contribution in [0, 0.1) is 5.82 Å². The number of nitrogens with one attached hydrogen (secondary N) is 2. The van der Waals surface area contributed by atoms with Crippen molar-refractivity contribution in [3.8, 4) is 5.88 Å². The van der Waals surface area contributed by atoms with E-state index in [4.69, 9.17) is 9.47 Å². The first kappa shape index (κ1) is 17.1. The average molecular weight is 337 g/mol. The van der Waals surface area contributed by atoms with E-state index < -0.39 is 0 Å². The first-order valence-electron chi connectivity index (χ1n) is 8.51. The van der Waals surface area contributed by atoms with Gasteiger partial charge in [-0.15, -0.1) is 0 Å². The van der Waals surface area contributed by atoms with Crippen molar-refractivity contribution in [2.75, 3.05) is 26.9 Å². The van der Waals surface area contributed by atoms with Crippen molar-refractivity contribution >= 4 is 5.91 Å². The number of hydrogen-bond donors (Lipinski definition) is 2. The lowest BCUT2D eigenvalue weighted by Crippen LogP contribution is -2.40. The van der Waals surface area contributed by atoms with E-state index in [0.29, 0.717) is 30.4 Å². The molecule has 2 fully saturated rings. The van der Waals surface area contributed by atoms with Crippen molar-refractivity contribution in [2.45, 2.75) is 44.2 Å². The largest absolute Gasteiger partial charge is 0.481 e. The second-order valence-corrected chi connectivity index (χ2v) is 6.30. The van der Waals surface area contributed by atoms with Crippen molar-refractivity contribution in [1.82, 2.24) is 15.6 Å². The quantitative estimate of drug-likeness (QED) is 0.852. The molecule has 1 aromatic rings. The molecule has 2 N–H and O–H groups in total. The third kappa shape index (κ3) is 3.84. The minimum absolute atomic E-state index is 0.0426. The first-order valence-corrected chi connectivity index (χ1v) is 8.51. The summed E-state index contributed by atoms with van der Waals surface area (Å²) in [5.41, 5.74) is 0.931. The number of aromatic nitrogens is 1. The van der Waals surface area contributed by atoms with Crippen molar-refractivity contribution in [3.05, 3.63) is 23.1 Å². The number of halogens is 1. The van der Waals surface area contributed by atoms with Crippen LogP contribution in [-0.2, 0) is 16.1 Å². The van der Waals surface area contributed by atoms with Crippen LogP contribution >= 0.6 is 0 Å². The predicted molar refractivity (Wildman–Crippen MR) is 86.4 cm³/mol. The minimum atomic E-state index is -0.366. The van der Waals surface area contributed by atoms with Gasteiger partial charge in [-0.3, -0.25) is 4.79 Å². The summed E-state index contributed by atoms with van der Waals surface area (Å²) < 4.78 is 25.2. The third-order valence-electron chi connectivity index (χ3n) is 4.61. The molecule has 3 rings (SSSR count). The molecular formula is C17H24FN3O3. The Morgan fingerprint density at radius 3 is 3.04 bits per heavy atom. The van der Waals surface area contributed by atoms with E-state index in [1.54, 1.807) is 0 Å². The van der Waals surface area contributed by atoms with Crippen LogP contribution in [0.2, 0.25) is 0 Å². The number of nitrogens with zero attached hydrogens (tertiary/aromatic N) is 1. The highest BCUT2D eigenvalue weighted by atomic mass is 19.1. The van der Waals surface area contributed by atoms with E-state index in [2.05, 4.69) is 15.6 Å². The fraction of sp³-hybridized carbons (Fsp3) is 0.647. The lowest BCUT2D eigenvalue weighted by atomic mass is 9.97. The Hall–Kier alpha value is -1.73. The molecule has 7 heteroatoms. The van der Waals surface area contributed by atoms with Crippen LogP contribution in [-0.4, -0.2) is 43.8 Å². The summed E-state index contributed by atoms with van der Waals surface area (Å²) in [6.07, 6.45) is 3.59. The van der Waals surface area contributed by atoms with Crippen LogP contribution in [0.15, 0.2) is 6.07 Å². The zero-order valence-electron chi connectivity index (χ0n) is 13.9. The van der Waals surface area contributed by atoms with Gasteiger partial charge >= 0.3 is 0 Å². The highest BCUT2D eigenvalue weighted by molar-refractivity contribution is 5.82. The van der Waals surface area contributed by atoms with Gasteiger partial charge in [-0.2, -0.15) is 0 Å². The topological polar surface area (TPSA) is 72.5 Å². The molecular weight excluding hydrogens is 313 g/mol. The van der Waals surface area contributed by atoms with Crippen molar-refractivity contribution < 1.29 is 18.7 Å². The lowest BCUT2D eigenvalue weighted by molar-refractivity contribution is -0.122. The number of carbonyl (C=O) groups is 1. The summed E-state index contributed by atoms with van der Waals surface area (Å²) in [5.74, 6) is -0.120. The molecule has 0 saturated carbocycles. The Morgan fingerprint density at radius 2 is 2.38 bits per heavy atom. The molecule has 1 aromatic heterocycles. The second kappa shape index (κ2) is 7.90. The zero-order valence-corrected chi connectivity index (χ0v) is 13.9. The molecule has 2 atom stereocenters. The molecule has 0 bridgehead atoms. The molecule has 0 aliphatic carbocycles. The summed E-state index contributed by atoms with van der Waals surface area (Å²) in [6, 6.07) is 1.26. The van der Waals surface area contributed by atoms with Crippen molar-refractivity contribution in [1.29, 1.82) is 0 Å². The molecule has 2 saturated heterocycles. The van der Waals surface area contributed by atoms with Gasteiger partial charge in [0.05, 0.1) is 25.5 Å². The molecule has 0 spiro atoms. The number of rotatable bonds is 5. The average Bonchev–Trinajstić information content (AvgIpc) is 3.15. The Bertz CT molecular complexity index is 585. The van der Waals surface area contributed by atoms with Crippen LogP contribution in [0.1, 0.15) is 42.9 Å². The van der Waals surface area contributed by atoms with Crippen LogP contribution in [0.25, 0.3) is 0 Å². The molecule has 0 aromatic carbocycles. The van der Waals surface area contributed by atoms with Gasteiger partial charge in [0, 0.05) is 24.6 Å². The Labute approximate surface area is 141 Å². The van der Waals surface area contributed by atoms with E-state index in [9.17, 15) is 9.18 Å². The maximum absolute atomic E-state index is 14.5. The fourth-order valence-electron chi connectivity index (χ4n) is 3.28. The van der Waals surface area contributed by atoms with E-state index in [1.807, 2.05) is 0 Å². The summed E-state index contributed by atoms with van der Waals surface area (Å²) in [6.45, 7) is 2.26. The smallest absolute Gasteiger partial charge is 0.237 e. The molecule has 24 heavy (non-hydrogen) atoms. The van der Waals surface area contributed by atoms with Crippen molar-refractivity contribution in [3.63, 3.8) is 0 Å². The van der Waals surface area contributed by atoms with Crippen LogP contribution < -0.4 is 15.4 Å². The van der Waals surface area contributed by atoms with Gasteiger partial charge in [0.25, 0.3) is 0 Å². The minimum Gasteiger partial charge on any atom is -0.481 e. The highest BCUT2D eigenvalue weighted by Crippen LogP contribution is 2.29. The maximum Gasteiger partial charge on any atom is 0.237 e. The van der Waals surface area contributed by atoms with Gasteiger partial charge in [0.1, 0.15) is 5.82 Å². The first-order chi connectivity index (χ1) is 11.7. The second-order valence-electron chi connectivity index (χ2n) is 6.30. The van der Waals surface area contributed by atoms with Gasteiger partial charge in [-0.05, 0) is 38.3 Å². The molecule has 3 heterocycles. The zero-order chi connectivity index (χ0) is 16.9. The van der Waals surface area contributed by atoms with Crippen LogP contribution in [0.4, 0.5) is 4.39 Å². The number of amides is 1. The van der Waals surface area contributed by atoms with Gasteiger partial charge in [-0.1, -0.05) is 0 Å². The molecule has 6 nitrogen and oxygen atoms in total. The standard InChI is InChI=1S/C17H24FN3O3/c1-23-17-12(9-20-16(22)14-5-2-6-19-14)8-13(18)15(21-17)11-4-3-7-24-10-11/h8,11,14,19H,2-7,9-10H2,1H3,(H,20,22). The van der Waals surface area contributed by atoms with Gasteiger partial charge in [0.2, 0.25) is 11.8 Å². The van der Waals surface area contributed by atoms with E-state index in [0.717, 1.165) is 32.2 Å². The summed E-state index contributed by atoms with van der Waals surface area (Å²) in [5, 5.41) is 5.97. The number of pyridine rings is 1. The number of hydrogen-bond acceptors (Lipinski definition) is 5. The molecule has 1 amide bonds. The predicted octanol–water partition coefficient (Wildman–Crippen LogP) is 1.49. The number of carbonyl (C=O) groups excluding carboxylic acids is 1. The highest BCUT2D eigenvalue weighted by Gasteiger charge is 2.25. The number of methoxy groups -OCH3 is 1. The Balaban J connectivity index is 1.70. The van der Waals surface area contributed by atoms with Crippen molar-refractivity contribution in [2.24, 2.45) is 0 Å². The monoisotopic (exact) mass is 337 g/mol. The molecule has 2 aliphatic heterocycles. The van der Waals surface area contributed by atoms with E-state index >= 15 is 0 Å². The summed E-state index contributed by atoms with van der Waals surface area (Å²) in [7, 11) is 1.51. The Morgan fingerprint density at radius 1 is 1.50 bits per heavy atom. The fourth-order valence-corrected chi connectivity index (χ4v) is 3.28. The molecule has 2 aliphatic rings. The Kier molecular flexibility index (Phi) is 5.63. The third-order valence-corrected chi connectivity index (χ3v) is 4.61. The summed E-state index contributed by atoms with van der Waals surface area (Å²) >= 11 is 0. The molecule has 2 unspecified atom stereocenters. The normalized spacial score (nSPS) is 23.9. The summed E-state index contributed by atoms with van der Waals surface area (Å²) in [4.78, 5) is 16.4. The lowest BCUT2D eigenvalue weighted by Gasteiger charge is -2.23. The molecule has 132 valence electrons.